The van der Waals surface area contributed by atoms with E-state index in [1.54, 1.807) is 24.3 Å². The van der Waals surface area contributed by atoms with Gasteiger partial charge < -0.3 is 4.84 Å². The molecular weight excluding hydrogens is 524 g/mol. The van der Waals surface area contributed by atoms with Crippen molar-refractivity contribution in [3.63, 3.8) is 0 Å². The Bertz CT molecular complexity index is 1250. The quantitative estimate of drug-likeness (QED) is 0.246. The summed E-state index contributed by atoms with van der Waals surface area (Å²) in [5, 5.41) is 2.20. The van der Waals surface area contributed by atoms with Gasteiger partial charge in [0, 0.05) is 21.8 Å². The topological polar surface area (TPSA) is 68.6 Å². The van der Waals surface area contributed by atoms with Gasteiger partial charge in [-0.1, -0.05) is 64.2 Å². The monoisotopic (exact) mass is 536 g/mol. The molecule has 2 aromatic carbocycles. The first kappa shape index (κ1) is 25.3. The van der Waals surface area contributed by atoms with Crippen LogP contribution in [0.1, 0.15) is 22.1 Å². The second-order valence-corrected chi connectivity index (χ2v) is 9.89. The van der Waals surface area contributed by atoms with E-state index in [9.17, 15) is 21.6 Å². The van der Waals surface area contributed by atoms with E-state index >= 15 is 0 Å². The van der Waals surface area contributed by atoms with Gasteiger partial charge in [0.25, 0.3) is 0 Å². The Morgan fingerprint density at radius 3 is 2.21 bits per heavy atom. The van der Waals surface area contributed by atoms with Crippen LogP contribution in [-0.4, -0.2) is 19.6 Å². The number of benzene rings is 2. The largest absolute Gasteiger partial charge is 0.417 e. The van der Waals surface area contributed by atoms with Crippen molar-refractivity contribution >= 4 is 50.9 Å². The molecule has 0 saturated carbocycles. The van der Waals surface area contributed by atoms with Crippen molar-refractivity contribution in [3.8, 4) is 0 Å². The maximum atomic E-state index is 13.2. The summed E-state index contributed by atoms with van der Waals surface area (Å²) in [6.07, 6.45) is -3.30. The van der Waals surface area contributed by atoms with Crippen molar-refractivity contribution < 1.29 is 26.4 Å². The molecular formula is C21H14Cl3F3N2O3S. The predicted molar refractivity (Wildman–Crippen MR) is 120 cm³/mol. The van der Waals surface area contributed by atoms with Gasteiger partial charge in [-0.25, -0.2) is 8.42 Å². The maximum Gasteiger partial charge on any atom is 0.417 e. The van der Waals surface area contributed by atoms with E-state index in [-0.39, 0.29) is 17.2 Å². The van der Waals surface area contributed by atoms with Gasteiger partial charge in [0.15, 0.2) is 9.84 Å². The lowest BCUT2D eigenvalue weighted by atomic mass is 10.2. The second-order valence-electron chi connectivity index (χ2n) is 6.60. The fourth-order valence-corrected chi connectivity index (χ4v) is 5.11. The number of hydrogen-bond donors (Lipinski definition) is 0. The first-order chi connectivity index (χ1) is 15.5. The molecule has 0 fully saturated rings. The van der Waals surface area contributed by atoms with E-state index in [1.165, 1.54) is 24.3 Å². The molecule has 1 unspecified atom stereocenters. The molecule has 0 bridgehead atoms. The fraction of sp³-hybridized carbons (Fsp3) is 0.143. The predicted octanol–water partition coefficient (Wildman–Crippen LogP) is 6.78. The lowest BCUT2D eigenvalue weighted by Gasteiger charge is -2.16. The molecule has 12 heteroatoms. The summed E-state index contributed by atoms with van der Waals surface area (Å²) >= 11 is 18.1. The number of nitrogens with zero attached hydrogens (tertiary/aromatic N) is 2. The van der Waals surface area contributed by atoms with Crippen LogP contribution < -0.4 is 0 Å². The highest BCUT2D eigenvalue weighted by Gasteiger charge is 2.35. The van der Waals surface area contributed by atoms with Crippen LogP contribution in [-0.2, 0) is 27.5 Å². The lowest BCUT2D eigenvalue weighted by molar-refractivity contribution is -0.137. The third-order valence-electron chi connectivity index (χ3n) is 4.41. The van der Waals surface area contributed by atoms with Gasteiger partial charge >= 0.3 is 6.18 Å². The van der Waals surface area contributed by atoms with Crippen LogP contribution in [0.4, 0.5) is 13.2 Å². The summed E-state index contributed by atoms with van der Waals surface area (Å²) in [4.78, 5) is 8.75. The number of hydrogen-bond acceptors (Lipinski definition) is 5. The van der Waals surface area contributed by atoms with E-state index in [0.29, 0.717) is 27.9 Å². The first-order valence-corrected chi connectivity index (χ1v) is 11.8. The molecule has 0 aliphatic carbocycles. The summed E-state index contributed by atoms with van der Waals surface area (Å²) in [5.74, 6) is 0. The maximum absolute atomic E-state index is 13.2. The number of oxime groups is 1. The molecule has 0 aliphatic heterocycles. The smallest absolute Gasteiger partial charge is 0.391 e. The first-order valence-electron chi connectivity index (χ1n) is 9.11. The molecule has 1 atom stereocenters. The summed E-state index contributed by atoms with van der Waals surface area (Å²) in [7, 11) is -4.20. The minimum absolute atomic E-state index is 0.103. The molecule has 5 nitrogen and oxygen atoms in total. The summed E-state index contributed by atoms with van der Waals surface area (Å²) in [5.41, 5.74) is -1.03. The molecule has 0 aliphatic rings. The van der Waals surface area contributed by atoms with Crippen molar-refractivity contribution in [2.24, 2.45) is 5.16 Å². The molecule has 3 aromatic rings. The number of rotatable bonds is 7. The molecule has 33 heavy (non-hydrogen) atoms. The van der Waals surface area contributed by atoms with Crippen LogP contribution >= 0.6 is 34.8 Å². The van der Waals surface area contributed by atoms with Crippen LogP contribution in [0.15, 0.2) is 70.8 Å². The van der Waals surface area contributed by atoms with Gasteiger partial charge in [-0.15, -0.1) is 0 Å². The highest BCUT2D eigenvalue weighted by Crippen LogP contribution is 2.35. The SMILES string of the molecule is O=S(=O)(c1ccccc1)C(/C=N/OCc1c(Cl)cccc1Cl)c1ncc(C(F)(F)F)cc1Cl. The summed E-state index contributed by atoms with van der Waals surface area (Å²) in [6, 6.07) is 12.7. The van der Waals surface area contributed by atoms with Gasteiger partial charge in [0.2, 0.25) is 0 Å². The molecule has 0 radical (unpaired) electrons. The van der Waals surface area contributed by atoms with Gasteiger partial charge in [0.1, 0.15) is 11.9 Å². The van der Waals surface area contributed by atoms with E-state index in [1.807, 2.05) is 0 Å². The number of aromatic nitrogens is 1. The van der Waals surface area contributed by atoms with Gasteiger partial charge in [-0.3, -0.25) is 4.98 Å². The highest BCUT2D eigenvalue weighted by atomic mass is 35.5. The summed E-state index contributed by atoms with van der Waals surface area (Å²) < 4.78 is 65.4. The Morgan fingerprint density at radius 1 is 1.00 bits per heavy atom. The number of pyridine rings is 1. The van der Waals surface area contributed by atoms with Gasteiger partial charge in [0.05, 0.1) is 27.4 Å². The Kier molecular flexibility index (Phi) is 7.89. The lowest BCUT2D eigenvalue weighted by Crippen LogP contribution is -2.18. The van der Waals surface area contributed by atoms with E-state index in [2.05, 4.69) is 10.1 Å². The van der Waals surface area contributed by atoms with Crippen molar-refractivity contribution in [2.75, 3.05) is 0 Å². The van der Waals surface area contributed by atoms with Crippen LogP contribution in [0, 0.1) is 0 Å². The minimum Gasteiger partial charge on any atom is -0.391 e. The second kappa shape index (κ2) is 10.3. The van der Waals surface area contributed by atoms with Gasteiger partial charge in [-0.2, -0.15) is 13.2 Å². The van der Waals surface area contributed by atoms with Crippen LogP contribution in [0.25, 0.3) is 0 Å². The Morgan fingerprint density at radius 2 is 1.64 bits per heavy atom. The normalized spacial score (nSPS) is 13.3. The standard InChI is InChI=1S/C21H14Cl3F3N2O3S/c22-16-7-4-8-17(23)15(16)12-32-29-11-19(33(30,31)14-5-2-1-3-6-14)20-18(24)9-13(10-28-20)21(25,26)27/h1-11,19H,12H2/b29-11+. The van der Waals surface area contributed by atoms with Crippen LogP contribution in [0.5, 0.6) is 0 Å². The fourth-order valence-electron chi connectivity index (χ4n) is 2.74. The van der Waals surface area contributed by atoms with Gasteiger partial charge in [-0.05, 0) is 30.3 Å². The molecule has 0 N–H and O–H groups in total. The van der Waals surface area contributed by atoms with Crippen molar-refractivity contribution in [3.05, 3.63) is 92.7 Å². The molecule has 0 spiro atoms. The van der Waals surface area contributed by atoms with E-state index in [4.69, 9.17) is 39.6 Å². The molecule has 0 amide bonds. The third-order valence-corrected chi connectivity index (χ3v) is 7.37. The third kappa shape index (κ3) is 5.97. The number of halogens is 6. The Hall–Kier alpha value is -2.33. The average molecular weight is 538 g/mol. The Labute approximate surface area is 202 Å². The van der Waals surface area contributed by atoms with Crippen molar-refractivity contribution in [2.45, 2.75) is 22.9 Å². The molecule has 1 aromatic heterocycles. The zero-order valence-electron chi connectivity index (χ0n) is 16.4. The molecule has 174 valence electrons. The van der Waals surface area contributed by atoms with E-state index < -0.39 is 31.8 Å². The summed E-state index contributed by atoms with van der Waals surface area (Å²) in [6.45, 7) is -0.179. The van der Waals surface area contributed by atoms with Crippen LogP contribution in [0.3, 0.4) is 0 Å². The minimum atomic E-state index is -4.70. The number of alkyl halides is 3. The average Bonchev–Trinajstić information content (AvgIpc) is 2.76. The molecule has 1 heterocycles. The Balaban J connectivity index is 1.97. The van der Waals surface area contributed by atoms with Crippen molar-refractivity contribution in [1.82, 2.24) is 4.98 Å². The highest BCUT2D eigenvalue weighted by molar-refractivity contribution is 7.92. The van der Waals surface area contributed by atoms with Crippen molar-refractivity contribution in [1.29, 1.82) is 0 Å². The zero-order chi connectivity index (χ0) is 24.2. The van der Waals surface area contributed by atoms with Crippen LogP contribution in [0.2, 0.25) is 15.1 Å². The number of sulfone groups is 1. The molecule has 3 rings (SSSR count). The van der Waals surface area contributed by atoms with E-state index in [0.717, 1.165) is 6.21 Å². The molecule has 0 saturated heterocycles. The zero-order valence-corrected chi connectivity index (χ0v) is 19.5.